The van der Waals surface area contributed by atoms with E-state index < -0.39 is 29.2 Å². The molecule has 0 saturated heterocycles. The maximum Gasteiger partial charge on any atom is 0.416 e. The van der Waals surface area contributed by atoms with E-state index in [0.717, 1.165) is 12.2 Å². The minimum atomic E-state index is -4.62. The van der Waals surface area contributed by atoms with Crippen molar-refractivity contribution in [2.45, 2.75) is 19.1 Å². The number of hydrogen-bond acceptors (Lipinski definition) is 3. The molecule has 10 heteroatoms. The number of halogens is 5. The molecule has 2 heterocycles. The second-order valence-corrected chi connectivity index (χ2v) is 5.10. The summed E-state index contributed by atoms with van der Waals surface area (Å²) in [5.41, 5.74) is -0.103. The number of hydrogen-bond donors (Lipinski definition) is 3. The van der Waals surface area contributed by atoms with E-state index in [4.69, 9.17) is 0 Å². The molecule has 3 N–H and O–H groups in total. The lowest BCUT2D eigenvalue weighted by atomic mass is 10.1. The monoisotopic (exact) mass is 364 g/mol. The van der Waals surface area contributed by atoms with Crippen molar-refractivity contribution in [2.24, 2.45) is 0 Å². The molecular weight excluding hydrogens is 352 g/mol. The van der Waals surface area contributed by atoms with Crippen molar-refractivity contribution >= 4 is 24.0 Å². The molecule has 1 aliphatic rings. The zero-order valence-corrected chi connectivity index (χ0v) is 12.9. The Balaban J connectivity index is 0.00000208. The van der Waals surface area contributed by atoms with Gasteiger partial charge in [-0.1, -0.05) is 0 Å². The highest BCUT2D eigenvalue weighted by Crippen LogP contribution is 2.32. The topological polar surface area (TPSA) is 69.8 Å². The van der Waals surface area contributed by atoms with E-state index in [9.17, 15) is 22.4 Å². The standard InChI is InChI=1S/C14H12F4N4O.ClH/c15-9-2-1-7(14(16,17)18)5-11(9)20-13(23)12-8-6-19-4-3-10(8)21-22-12;/h1-2,5,19H,3-4,6H2,(H,20,23)(H,21,22);1H. The number of amides is 1. The second-order valence-electron chi connectivity index (χ2n) is 5.10. The highest BCUT2D eigenvalue weighted by Gasteiger charge is 2.31. The minimum absolute atomic E-state index is 0. The Kier molecular flexibility index (Phi) is 5.14. The van der Waals surface area contributed by atoms with Crippen molar-refractivity contribution in [3.8, 4) is 0 Å². The molecule has 0 atom stereocenters. The average Bonchev–Trinajstić information content (AvgIpc) is 2.92. The van der Waals surface area contributed by atoms with Gasteiger partial charge in [0.25, 0.3) is 5.91 Å². The summed E-state index contributed by atoms with van der Waals surface area (Å²) in [6, 6.07) is 1.84. The molecule has 3 rings (SSSR count). The Hall–Kier alpha value is -2.13. The van der Waals surface area contributed by atoms with Gasteiger partial charge in [-0.3, -0.25) is 9.89 Å². The molecule has 1 aromatic carbocycles. The Morgan fingerprint density at radius 2 is 2.04 bits per heavy atom. The number of rotatable bonds is 2. The number of anilines is 1. The molecule has 0 fully saturated rings. The lowest BCUT2D eigenvalue weighted by molar-refractivity contribution is -0.137. The van der Waals surface area contributed by atoms with E-state index in [2.05, 4.69) is 20.8 Å². The molecule has 5 nitrogen and oxygen atoms in total. The van der Waals surface area contributed by atoms with Crippen molar-refractivity contribution in [3.63, 3.8) is 0 Å². The summed E-state index contributed by atoms with van der Waals surface area (Å²) in [4.78, 5) is 12.2. The number of nitrogens with one attached hydrogen (secondary N) is 3. The summed E-state index contributed by atoms with van der Waals surface area (Å²) in [5.74, 6) is -1.71. The number of aromatic amines is 1. The fourth-order valence-corrected chi connectivity index (χ4v) is 2.39. The molecule has 0 radical (unpaired) electrons. The highest BCUT2D eigenvalue weighted by atomic mass is 35.5. The lowest BCUT2D eigenvalue weighted by Crippen LogP contribution is -2.25. The van der Waals surface area contributed by atoms with Crippen molar-refractivity contribution in [3.05, 3.63) is 46.5 Å². The average molecular weight is 365 g/mol. The Morgan fingerprint density at radius 1 is 1.29 bits per heavy atom. The van der Waals surface area contributed by atoms with Gasteiger partial charge in [-0.2, -0.15) is 18.3 Å². The molecule has 0 aliphatic carbocycles. The number of H-pyrrole nitrogens is 1. The van der Waals surface area contributed by atoms with Gasteiger partial charge >= 0.3 is 6.18 Å². The van der Waals surface area contributed by atoms with E-state index in [-0.39, 0.29) is 18.1 Å². The maximum atomic E-state index is 13.7. The van der Waals surface area contributed by atoms with Gasteiger partial charge in [-0.25, -0.2) is 4.39 Å². The van der Waals surface area contributed by atoms with E-state index in [1.807, 2.05) is 0 Å². The molecule has 1 aliphatic heterocycles. The third kappa shape index (κ3) is 3.51. The van der Waals surface area contributed by atoms with Crippen LogP contribution in [0.1, 0.15) is 27.3 Å². The highest BCUT2D eigenvalue weighted by molar-refractivity contribution is 6.04. The van der Waals surface area contributed by atoms with Crippen LogP contribution in [0.3, 0.4) is 0 Å². The van der Waals surface area contributed by atoms with Crippen molar-refractivity contribution in [1.29, 1.82) is 0 Å². The predicted molar refractivity (Wildman–Crippen MR) is 80.6 cm³/mol. The molecule has 0 saturated carbocycles. The molecule has 0 bridgehead atoms. The van der Waals surface area contributed by atoms with Gasteiger partial charge in [-0.05, 0) is 18.2 Å². The zero-order chi connectivity index (χ0) is 16.6. The van der Waals surface area contributed by atoms with Gasteiger partial charge in [0, 0.05) is 30.8 Å². The van der Waals surface area contributed by atoms with Crippen LogP contribution < -0.4 is 10.6 Å². The Labute approximate surface area is 140 Å². The number of nitrogens with zero attached hydrogens (tertiary/aromatic N) is 1. The van der Waals surface area contributed by atoms with Crippen LogP contribution in [-0.4, -0.2) is 22.6 Å². The largest absolute Gasteiger partial charge is 0.416 e. The molecule has 1 aromatic heterocycles. The second kappa shape index (κ2) is 6.78. The number of carbonyl (C=O) groups excluding carboxylic acids is 1. The summed E-state index contributed by atoms with van der Waals surface area (Å²) < 4.78 is 51.7. The third-order valence-electron chi connectivity index (χ3n) is 3.56. The van der Waals surface area contributed by atoms with Crippen LogP contribution in [0, 0.1) is 5.82 Å². The van der Waals surface area contributed by atoms with Gasteiger partial charge in [0.05, 0.1) is 11.3 Å². The molecule has 0 unspecified atom stereocenters. The fourth-order valence-electron chi connectivity index (χ4n) is 2.39. The normalized spacial score (nSPS) is 13.8. The van der Waals surface area contributed by atoms with Gasteiger partial charge in [-0.15, -0.1) is 12.4 Å². The Bertz CT molecular complexity index is 760. The predicted octanol–water partition coefficient (Wildman–Crippen LogP) is 2.89. The van der Waals surface area contributed by atoms with E-state index >= 15 is 0 Å². The van der Waals surface area contributed by atoms with Gasteiger partial charge in [0.2, 0.25) is 0 Å². The van der Waals surface area contributed by atoms with Gasteiger partial charge in [0.1, 0.15) is 5.82 Å². The third-order valence-corrected chi connectivity index (χ3v) is 3.56. The summed E-state index contributed by atoms with van der Waals surface area (Å²) in [6.07, 6.45) is -3.96. The number of alkyl halides is 3. The molecule has 130 valence electrons. The van der Waals surface area contributed by atoms with Crippen LogP contribution >= 0.6 is 12.4 Å². The first-order chi connectivity index (χ1) is 10.9. The van der Waals surface area contributed by atoms with Crippen molar-refractivity contribution in [1.82, 2.24) is 15.5 Å². The van der Waals surface area contributed by atoms with Crippen molar-refractivity contribution in [2.75, 3.05) is 11.9 Å². The molecular formula is C14H13ClF4N4O. The van der Waals surface area contributed by atoms with E-state index in [1.165, 1.54) is 0 Å². The van der Waals surface area contributed by atoms with Gasteiger partial charge < -0.3 is 10.6 Å². The Morgan fingerprint density at radius 3 is 2.75 bits per heavy atom. The van der Waals surface area contributed by atoms with Crippen molar-refractivity contribution < 1.29 is 22.4 Å². The fraction of sp³-hybridized carbons (Fsp3) is 0.286. The molecule has 1 amide bonds. The van der Waals surface area contributed by atoms with E-state index in [0.29, 0.717) is 36.7 Å². The summed E-state index contributed by atoms with van der Waals surface area (Å²) in [5, 5.41) is 11.8. The van der Waals surface area contributed by atoms with Crippen LogP contribution in [0.5, 0.6) is 0 Å². The van der Waals surface area contributed by atoms with Crippen LogP contribution in [0.2, 0.25) is 0 Å². The smallest absolute Gasteiger partial charge is 0.318 e. The number of aromatic nitrogens is 2. The summed E-state index contributed by atoms with van der Waals surface area (Å²) in [7, 11) is 0. The maximum absolute atomic E-state index is 13.7. The zero-order valence-electron chi connectivity index (χ0n) is 12.1. The number of fused-ring (bicyclic) bond motifs is 1. The molecule has 2 aromatic rings. The first-order valence-electron chi connectivity index (χ1n) is 6.81. The number of benzene rings is 1. The van der Waals surface area contributed by atoms with Crippen LogP contribution in [0.4, 0.5) is 23.2 Å². The van der Waals surface area contributed by atoms with Crippen LogP contribution in [0.25, 0.3) is 0 Å². The minimum Gasteiger partial charge on any atom is -0.318 e. The van der Waals surface area contributed by atoms with E-state index in [1.54, 1.807) is 0 Å². The van der Waals surface area contributed by atoms with Crippen LogP contribution in [0.15, 0.2) is 18.2 Å². The SMILES string of the molecule is Cl.O=C(Nc1cc(C(F)(F)F)ccc1F)c1n[nH]c2c1CNCC2. The first kappa shape index (κ1) is 18.2. The lowest BCUT2D eigenvalue weighted by Gasteiger charge is -2.13. The molecule has 0 spiro atoms. The number of carbonyl (C=O) groups is 1. The van der Waals surface area contributed by atoms with Gasteiger partial charge in [0.15, 0.2) is 5.69 Å². The quantitative estimate of drug-likeness (QED) is 0.718. The summed E-state index contributed by atoms with van der Waals surface area (Å²) in [6.45, 7) is 1.15. The van der Waals surface area contributed by atoms with Crippen LogP contribution in [-0.2, 0) is 19.1 Å². The summed E-state index contributed by atoms with van der Waals surface area (Å²) >= 11 is 0. The molecule has 24 heavy (non-hydrogen) atoms. The first-order valence-corrected chi connectivity index (χ1v) is 6.81.